The van der Waals surface area contributed by atoms with Crippen LogP contribution in [-0.4, -0.2) is 45.1 Å². The van der Waals surface area contributed by atoms with Gasteiger partial charge in [-0.1, -0.05) is 12.8 Å². The number of hydrogen-bond donors (Lipinski definition) is 2. The highest BCUT2D eigenvalue weighted by molar-refractivity contribution is 6.05. The quantitative estimate of drug-likeness (QED) is 0.851. The number of carboxylic acid groups (broad SMARTS) is 1. The minimum absolute atomic E-state index is 0.217. The van der Waals surface area contributed by atoms with Crippen LogP contribution in [0, 0.1) is 0 Å². The third-order valence-electron chi connectivity index (χ3n) is 5.64. The average Bonchev–Trinajstić information content (AvgIpc) is 3.31. The number of anilines is 1. The molecular formula is C19H26N4O3. The van der Waals surface area contributed by atoms with Crippen molar-refractivity contribution in [2.24, 2.45) is 0 Å². The topological polar surface area (TPSA) is 89.3 Å². The summed E-state index contributed by atoms with van der Waals surface area (Å²) in [6.45, 7) is 4.15. The molecule has 0 radical (unpaired) electrons. The van der Waals surface area contributed by atoms with Crippen molar-refractivity contribution in [2.45, 2.75) is 64.0 Å². The van der Waals surface area contributed by atoms with E-state index < -0.39 is 5.97 Å². The van der Waals surface area contributed by atoms with E-state index in [1.807, 2.05) is 11.6 Å². The number of rotatable bonds is 5. The first kappa shape index (κ1) is 17.3. The number of aromatic nitrogens is 3. The number of aromatic carboxylic acids is 1. The van der Waals surface area contributed by atoms with Crippen LogP contribution in [0.25, 0.3) is 11.0 Å². The molecule has 0 spiro atoms. The predicted molar refractivity (Wildman–Crippen MR) is 98.8 cm³/mol. The maximum Gasteiger partial charge on any atom is 0.339 e. The third-order valence-corrected chi connectivity index (χ3v) is 5.64. The van der Waals surface area contributed by atoms with E-state index in [0.717, 1.165) is 55.3 Å². The number of nitrogens with one attached hydrogen (secondary N) is 1. The van der Waals surface area contributed by atoms with E-state index in [4.69, 9.17) is 9.72 Å². The summed E-state index contributed by atoms with van der Waals surface area (Å²) >= 11 is 0. The Bertz CT molecular complexity index is 805. The second-order valence-corrected chi connectivity index (χ2v) is 7.26. The van der Waals surface area contributed by atoms with Crippen LogP contribution in [0.15, 0.2) is 6.20 Å². The molecule has 2 aliphatic rings. The van der Waals surface area contributed by atoms with Gasteiger partial charge in [0.25, 0.3) is 0 Å². The van der Waals surface area contributed by atoms with Crippen molar-refractivity contribution in [3.63, 3.8) is 0 Å². The zero-order valence-corrected chi connectivity index (χ0v) is 15.2. The Labute approximate surface area is 152 Å². The van der Waals surface area contributed by atoms with Gasteiger partial charge in [0, 0.05) is 31.7 Å². The number of carbonyl (C=O) groups is 1. The third kappa shape index (κ3) is 3.05. The SMILES string of the molecule is CCn1ncc2c(NC3CCOCC3)c(C(=O)O)c(C3CCCC3)nc21. The van der Waals surface area contributed by atoms with E-state index in [0.29, 0.717) is 31.0 Å². The van der Waals surface area contributed by atoms with Gasteiger partial charge in [0.05, 0.1) is 23.0 Å². The van der Waals surface area contributed by atoms with Gasteiger partial charge in [0.15, 0.2) is 5.65 Å². The predicted octanol–water partition coefficient (Wildman–Crippen LogP) is 3.40. The summed E-state index contributed by atoms with van der Waals surface area (Å²) in [5.41, 5.74) is 2.55. The summed E-state index contributed by atoms with van der Waals surface area (Å²) in [4.78, 5) is 17.0. The largest absolute Gasteiger partial charge is 0.478 e. The van der Waals surface area contributed by atoms with E-state index in [9.17, 15) is 9.90 Å². The first-order chi connectivity index (χ1) is 12.7. The molecule has 2 aromatic heterocycles. The highest BCUT2D eigenvalue weighted by atomic mass is 16.5. The van der Waals surface area contributed by atoms with Crippen LogP contribution < -0.4 is 5.32 Å². The number of hydrogen-bond acceptors (Lipinski definition) is 5. The molecule has 140 valence electrons. The van der Waals surface area contributed by atoms with Crippen LogP contribution in [0.3, 0.4) is 0 Å². The van der Waals surface area contributed by atoms with Gasteiger partial charge in [-0.25, -0.2) is 14.5 Å². The molecule has 0 amide bonds. The molecule has 0 unspecified atom stereocenters. The molecule has 1 aliphatic heterocycles. The van der Waals surface area contributed by atoms with Crippen LogP contribution in [0.4, 0.5) is 5.69 Å². The van der Waals surface area contributed by atoms with Crippen molar-refractivity contribution in [3.05, 3.63) is 17.5 Å². The second kappa shape index (κ2) is 7.23. The number of pyridine rings is 1. The van der Waals surface area contributed by atoms with Crippen LogP contribution in [0.1, 0.15) is 67.4 Å². The van der Waals surface area contributed by atoms with Gasteiger partial charge in [0.2, 0.25) is 0 Å². The van der Waals surface area contributed by atoms with Crippen molar-refractivity contribution in [3.8, 4) is 0 Å². The molecule has 1 aliphatic carbocycles. The lowest BCUT2D eigenvalue weighted by molar-refractivity contribution is 0.0695. The molecule has 1 saturated carbocycles. The van der Waals surface area contributed by atoms with Crippen LogP contribution in [-0.2, 0) is 11.3 Å². The zero-order valence-electron chi connectivity index (χ0n) is 15.2. The molecule has 4 rings (SSSR count). The summed E-state index contributed by atoms with van der Waals surface area (Å²) in [5, 5.41) is 18.8. The molecule has 1 saturated heterocycles. The maximum atomic E-state index is 12.2. The summed E-state index contributed by atoms with van der Waals surface area (Å²) in [5.74, 6) is -0.680. The minimum atomic E-state index is -0.903. The van der Waals surface area contributed by atoms with Gasteiger partial charge in [-0.15, -0.1) is 0 Å². The lowest BCUT2D eigenvalue weighted by Crippen LogP contribution is -2.29. The van der Waals surface area contributed by atoms with E-state index >= 15 is 0 Å². The molecule has 7 heteroatoms. The Kier molecular flexibility index (Phi) is 4.80. The number of ether oxygens (including phenoxy) is 1. The molecular weight excluding hydrogens is 332 g/mol. The van der Waals surface area contributed by atoms with Crippen molar-refractivity contribution in [1.82, 2.24) is 14.8 Å². The Morgan fingerprint density at radius 2 is 2.04 bits per heavy atom. The van der Waals surface area contributed by atoms with Gasteiger partial charge in [-0.3, -0.25) is 0 Å². The fourth-order valence-corrected chi connectivity index (χ4v) is 4.24. The van der Waals surface area contributed by atoms with Crippen molar-refractivity contribution < 1.29 is 14.6 Å². The summed E-state index contributed by atoms with van der Waals surface area (Å²) in [7, 11) is 0. The summed E-state index contributed by atoms with van der Waals surface area (Å²) in [6.07, 6.45) is 7.80. The lowest BCUT2D eigenvalue weighted by Gasteiger charge is -2.26. The molecule has 3 heterocycles. The molecule has 0 aromatic carbocycles. The van der Waals surface area contributed by atoms with Crippen molar-refractivity contribution in [2.75, 3.05) is 18.5 Å². The highest BCUT2D eigenvalue weighted by Crippen LogP contribution is 2.40. The van der Waals surface area contributed by atoms with E-state index in [2.05, 4.69) is 10.4 Å². The number of fused-ring (bicyclic) bond motifs is 1. The van der Waals surface area contributed by atoms with Crippen molar-refractivity contribution >= 4 is 22.7 Å². The normalized spacial score (nSPS) is 19.3. The lowest BCUT2D eigenvalue weighted by atomic mass is 9.95. The van der Waals surface area contributed by atoms with Gasteiger partial charge >= 0.3 is 5.97 Å². The molecule has 7 nitrogen and oxygen atoms in total. The average molecular weight is 358 g/mol. The Hall–Kier alpha value is -2.15. The summed E-state index contributed by atoms with van der Waals surface area (Å²) < 4.78 is 7.30. The monoisotopic (exact) mass is 358 g/mol. The Balaban J connectivity index is 1.88. The second-order valence-electron chi connectivity index (χ2n) is 7.26. The zero-order chi connectivity index (χ0) is 18.1. The van der Waals surface area contributed by atoms with E-state index in [-0.39, 0.29) is 12.0 Å². The Morgan fingerprint density at radius 1 is 1.31 bits per heavy atom. The number of carboxylic acids is 1. The smallest absolute Gasteiger partial charge is 0.339 e. The van der Waals surface area contributed by atoms with Crippen molar-refractivity contribution in [1.29, 1.82) is 0 Å². The highest BCUT2D eigenvalue weighted by Gasteiger charge is 2.30. The molecule has 26 heavy (non-hydrogen) atoms. The summed E-state index contributed by atoms with van der Waals surface area (Å²) in [6, 6.07) is 0.217. The van der Waals surface area contributed by atoms with Gasteiger partial charge in [-0.05, 0) is 32.6 Å². The fourth-order valence-electron chi connectivity index (χ4n) is 4.24. The molecule has 2 fully saturated rings. The minimum Gasteiger partial charge on any atom is -0.478 e. The van der Waals surface area contributed by atoms with Gasteiger partial charge < -0.3 is 15.2 Å². The number of aryl methyl sites for hydroxylation is 1. The fraction of sp³-hybridized carbons (Fsp3) is 0.632. The van der Waals surface area contributed by atoms with E-state index in [1.54, 1.807) is 6.20 Å². The molecule has 0 bridgehead atoms. The Morgan fingerprint density at radius 3 is 2.69 bits per heavy atom. The molecule has 2 N–H and O–H groups in total. The first-order valence-corrected chi connectivity index (χ1v) is 9.66. The number of nitrogens with zero attached hydrogens (tertiary/aromatic N) is 3. The van der Waals surface area contributed by atoms with Crippen LogP contribution in [0.5, 0.6) is 0 Å². The standard InChI is InChI=1S/C19H26N4O3/c1-2-23-18-14(11-20-23)17(21-13-7-9-26-10-8-13)15(19(24)25)16(22-18)12-5-3-4-6-12/h11-13H,2-10H2,1H3,(H,21,22)(H,24,25). The van der Waals surface area contributed by atoms with Crippen LogP contribution in [0.2, 0.25) is 0 Å². The molecule has 2 aromatic rings. The van der Waals surface area contributed by atoms with Crippen LogP contribution >= 0.6 is 0 Å². The van der Waals surface area contributed by atoms with E-state index in [1.165, 1.54) is 0 Å². The first-order valence-electron chi connectivity index (χ1n) is 9.66. The van der Waals surface area contributed by atoms with Gasteiger partial charge in [0.1, 0.15) is 5.56 Å². The maximum absolute atomic E-state index is 12.2. The van der Waals surface area contributed by atoms with Gasteiger partial charge in [-0.2, -0.15) is 5.10 Å². The molecule has 0 atom stereocenters.